The molecule has 4 aliphatic rings. The molecular weight excluding hydrogens is 548 g/mol. The molecule has 2 aromatic carbocycles. The third-order valence-corrected chi connectivity index (χ3v) is 11.6. The number of benzene rings is 2. The maximum Gasteiger partial charge on any atom is 0.264 e. The third-order valence-electron chi connectivity index (χ3n) is 9.53. The molecule has 5 atom stereocenters. The molecule has 40 heavy (non-hydrogen) atoms. The highest BCUT2D eigenvalue weighted by Crippen LogP contribution is 2.46. The molecule has 0 aromatic heterocycles. The minimum atomic E-state index is -3.91. The van der Waals surface area contributed by atoms with E-state index in [1.54, 1.807) is 37.3 Å². The summed E-state index contributed by atoms with van der Waals surface area (Å²) in [6.07, 6.45) is 8.37. The number of hydrogen-bond donors (Lipinski definition) is 2. The highest BCUT2D eigenvalue weighted by molar-refractivity contribution is 7.90. The number of carbonyl (C=O) groups is 1. The van der Waals surface area contributed by atoms with Gasteiger partial charge in [0.05, 0.1) is 23.6 Å². The largest absolute Gasteiger partial charge is 0.490 e. The maximum atomic E-state index is 13.3. The van der Waals surface area contributed by atoms with Crippen LogP contribution in [0.1, 0.15) is 66.9 Å². The Hall–Kier alpha value is -2.55. The molecule has 6 rings (SSSR count). The van der Waals surface area contributed by atoms with Crippen LogP contribution in [0.15, 0.2) is 48.6 Å². The van der Waals surface area contributed by atoms with Crippen molar-refractivity contribution >= 4 is 33.2 Å². The van der Waals surface area contributed by atoms with Crippen LogP contribution in [0, 0.1) is 11.8 Å². The van der Waals surface area contributed by atoms with Crippen LogP contribution in [0.4, 0.5) is 5.69 Å². The summed E-state index contributed by atoms with van der Waals surface area (Å²) in [7, 11) is -3.91. The predicted octanol–water partition coefficient (Wildman–Crippen LogP) is 5.00. The molecule has 9 heteroatoms. The van der Waals surface area contributed by atoms with Gasteiger partial charge in [-0.1, -0.05) is 36.7 Å². The zero-order valence-corrected chi connectivity index (χ0v) is 24.4. The fourth-order valence-corrected chi connectivity index (χ4v) is 8.65. The summed E-state index contributed by atoms with van der Waals surface area (Å²) < 4.78 is 35.0. The molecule has 2 aliphatic heterocycles. The molecule has 2 aromatic rings. The molecule has 2 bridgehead atoms. The molecule has 0 radical (unpaired) electrons. The van der Waals surface area contributed by atoms with Crippen LogP contribution in [0.2, 0.25) is 5.02 Å². The molecule has 1 fully saturated rings. The van der Waals surface area contributed by atoms with Gasteiger partial charge >= 0.3 is 0 Å². The lowest BCUT2D eigenvalue weighted by Crippen LogP contribution is -2.49. The minimum absolute atomic E-state index is 0.0991. The number of fused-ring (bicyclic) bond motifs is 4. The quantitative estimate of drug-likeness (QED) is 0.458. The Kier molecular flexibility index (Phi) is 7.38. The lowest BCUT2D eigenvalue weighted by atomic mass is 9.68. The zero-order chi connectivity index (χ0) is 28.1. The van der Waals surface area contributed by atoms with Gasteiger partial charge in [0.2, 0.25) is 10.0 Å². The molecule has 214 valence electrons. The molecule has 1 spiro atoms. The number of sulfonamides is 1. The second-order valence-electron chi connectivity index (χ2n) is 11.9. The Balaban J connectivity index is 1.43. The second-order valence-corrected chi connectivity index (χ2v) is 14.3. The summed E-state index contributed by atoms with van der Waals surface area (Å²) in [5.74, 6) is 0.411. The molecule has 0 unspecified atom stereocenters. The summed E-state index contributed by atoms with van der Waals surface area (Å²) >= 11 is 6.37. The van der Waals surface area contributed by atoms with Crippen molar-refractivity contribution in [3.63, 3.8) is 0 Å². The topological polar surface area (TPSA) is 95.9 Å². The average Bonchev–Trinajstić information content (AvgIpc) is 3.05. The summed E-state index contributed by atoms with van der Waals surface area (Å²) in [6.45, 7) is 3.71. The molecule has 2 heterocycles. The number of amides is 1. The van der Waals surface area contributed by atoms with Crippen molar-refractivity contribution in [3.8, 4) is 5.75 Å². The summed E-state index contributed by atoms with van der Waals surface area (Å²) in [4.78, 5) is 15.6. The van der Waals surface area contributed by atoms with Crippen molar-refractivity contribution in [3.05, 3.63) is 70.3 Å². The van der Waals surface area contributed by atoms with E-state index in [1.165, 1.54) is 11.1 Å². The van der Waals surface area contributed by atoms with E-state index in [1.807, 2.05) is 6.07 Å². The van der Waals surface area contributed by atoms with Crippen molar-refractivity contribution in [2.24, 2.45) is 11.8 Å². The predicted molar refractivity (Wildman–Crippen MR) is 157 cm³/mol. The van der Waals surface area contributed by atoms with E-state index in [0.29, 0.717) is 25.3 Å². The van der Waals surface area contributed by atoms with Crippen LogP contribution in [0.3, 0.4) is 0 Å². The van der Waals surface area contributed by atoms with Crippen LogP contribution >= 0.6 is 11.6 Å². The number of rotatable bonds is 1. The van der Waals surface area contributed by atoms with Gasteiger partial charge in [0.1, 0.15) is 5.75 Å². The van der Waals surface area contributed by atoms with Crippen LogP contribution in [0.25, 0.3) is 0 Å². The van der Waals surface area contributed by atoms with Crippen LogP contribution in [0.5, 0.6) is 5.75 Å². The normalized spacial score (nSPS) is 32.2. The number of allylic oxidation sites excluding steroid dienone is 1. The highest BCUT2D eigenvalue weighted by atomic mass is 35.5. The second kappa shape index (κ2) is 10.7. The van der Waals surface area contributed by atoms with Crippen LogP contribution in [-0.2, 0) is 21.9 Å². The lowest BCUT2D eigenvalue weighted by molar-refractivity contribution is 0.0456. The summed E-state index contributed by atoms with van der Waals surface area (Å²) in [5.41, 5.74) is 3.34. The highest BCUT2D eigenvalue weighted by Gasteiger charge is 2.44. The van der Waals surface area contributed by atoms with E-state index >= 15 is 0 Å². The Morgan fingerprint density at radius 2 is 2.05 bits per heavy atom. The fraction of sp³-hybridized carbons (Fsp3) is 0.516. The van der Waals surface area contributed by atoms with Gasteiger partial charge in [-0.05, 0) is 98.2 Å². The molecule has 2 aliphatic carbocycles. The first kappa shape index (κ1) is 27.6. The monoisotopic (exact) mass is 584 g/mol. The number of anilines is 1. The van der Waals surface area contributed by atoms with Gasteiger partial charge < -0.3 is 14.7 Å². The van der Waals surface area contributed by atoms with E-state index < -0.39 is 27.3 Å². The van der Waals surface area contributed by atoms with Crippen molar-refractivity contribution in [2.45, 2.75) is 68.6 Å². The Morgan fingerprint density at radius 3 is 2.83 bits per heavy atom. The number of aliphatic hydroxyl groups excluding tert-OH is 1. The standard InChI is InChI=1S/C31H37ClN2O5S/c1-2-24-6-3-7-28(35)25-11-8-22(25)17-34-18-31(14-4-5-20-15-23(32)10-12-26(20)31)19-39-29-13-9-21(16-27(29)34)30(36)33-40(24,37)38/h3,7,9-10,12-13,15-16,22,24-25,28,35H,2,4-6,8,11,14,17-19H2,1H3,(H,33,36)/b7-3+/t22-,24+,25+,28-,31-/m0/s1. The van der Waals surface area contributed by atoms with E-state index in [-0.39, 0.29) is 29.2 Å². The van der Waals surface area contributed by atoms with Crippen LogP contribution < -0.4 is 14.4 Å². The first-order chi connectivity index (χ1) is 19.2. The lowest BCUT2D eigenvalue weighted by Gasteiger charge is -2.45. The van der Waals surface area contributed by atoms with Gasteiger partial charge in [0.25, 0.3) is 5.91 Å². The maximum absolute atomic E-state index is 13.3. The fourth-order valence-electron chi connectivity index (χ4n) is 7.11. The third kappa shape index (κ3) is 5.03. The number of hydrogen-bond acceptors (Lipinski definition) is 6. The summed E-state index contributed by atoms with van der Waals surface area (Å²) in [5, 5.41) is 11.0. The van der Waals surface area contributed by atoms with E-state index in [2.05, 4.69) is 21.8 Å². The van der Waals surface area contributed by atoms with Crippen molar-refractivity contribution in [1.29, 1.82) is 0 Å². The molecule has 1 saturated carbocycles. The van der Waals surface area contributed by atoms with Gasteiger partial charge in [-0.15, -0.1) is 0 Å². The Labute approximate surface area is 241 Å². The van der Waals surface area contributed by atoms with Crippen molar-refractivity contribution in [2.75, 3.05) is 24.6 Å². The number of halogens is 1. The first-order valence-electron chi connectivity index (χ1n) is 14.4. The van der Waals surface area contributed by atoms with Crippen molar-refractivity contribution < 1.29 is 23.1 Å². The molecule has 2 N–H and O–H groups in total. The van der Waals surface area contributed by atoms with Gasteiger partial charge in [-0.25, -0.2) is 13.1 Å². The number of aryl methyl sites for hydroxylation is 1. The molecular formula is C31H37ClN2O5S. The Bertz CT molecular complexity index is 1440. The van der Waals surface area contributed by atoms with Gasteiger partial charge in [-0.3, -0.25) is 4.79 Å². The minimum Gasteiger partial charge on any atom is -0.490 e. The van der Waals surface area contributed by atoms with E-state index in [4.69, 9.17) is 16.3 Å². The number of ether oxygens (including phenoxy) is 1. The van der Waals surface area contributed by atoms with Gasteiger partial charge in [-0.2, -0.15) is 0 Å². The Morgan fingerprint density at radius 1 is 1.20 bits per heavy atom. The van der Waals surface area contributed by atoms with Crippen molar-refractivity contribution in [1.82, 2.24) is 4.72 Å². The average molecular weight is 585 g/mol. The van der Waals surface area contributed by atoms with Crippen LogP contribution in [-0.4, -0.2) is 50.5 Å². The number of nitrogens with zero attached hydrogens (tertiary/aromatic N) is 1. The van der Waals surface area contributed by atoms with Gasteiger partial charge in [0.15, 0.2) is 0 Å². The number of nitrogens with one attached hydrogen (secondary N) is 1. The smallest absolute Gasteiger partial charge is 0.264 e. The SMILES string of the molecule is CC[C@@H]1C/C=C/[C@H](O)[C@@H]2CC[C@H]2CN2C[C@@]3(CCCc4cc(Cl)ccc43)COc3ccc(cc32)C(=O)NS1(=O)=O. The molecule has 0 saturated heterocycles. The first-order valence-corrected chi connectivity index (χ1v) is 16.3. The molecule has 7 nitrogen and oxygen atoms in total. The van der Waals surface area contributed by atoms with E-state index in [9.17, 15) is 18.3 Å². The zero-order valence-electron chi connectivity index (χ0n) is 22.8. The summed E-state index contributed by atoms with van der Waals surface area (Å²) in [6, 6.07) is 11.4. The molecule has 1 amide bonds. The number of carbonyl (C=O) groups excluding carboxylic acids is 1. The van der Waals surface area contributed by atoms with E-state index in [0.717, 1.165) is 49.4 Å². The van der Waals surface area contributed by atoms with Gasteiger partial charge in [0, 0.05) is 29.1 Å². The number of aliphatic hydroxyl groups is 1.